The summed E-state index contributed by atoms with van der Waals surface area (Å²) in [7, 11) is 0. The average Bonchev–Trinajstić information content (AvgIpc) is 2.80. The van der Waals surface area contributed by atoms with Gasteiger partial charge in [-0.1, -0.05) is 23.7 Å². The van der Waals surface area contributed by atoms with E-state index >= 15 is 0 Å². The molecule has 2 nitrogen and oxygen atoms in total. The summed E-state index contributed by atoms with van der Waals surface area (Å²) in [5, 5.41) is 0.693. The molecular weight excluding hydrogens is 268 g/mol. The topological polar surface area (TPSA) is 18.5 Å². The molecular formula is C14H17ClO2S. The third kappa shape index (κ3) is 2.63. The SMILES string of the molecule is Clc1ccccc1OC1CCOC2(CCSC2)C1. The molecule has 1 aromatic carbocycles. The van der Waals surface area contributed by atoms with Gasteiger partial charge in [-0.25, -0.2) is 0 Å². The van der Waals surface area contributed by atoms with E-state index in [-0.39, 0.29) is 11.7 Å². The van der Waals surface area contributed by atoms with E-state index in [1.54, 1.807) is 0 Å². The molecule has 0 N–H and O–H groups in total. The lowest BCUT2D eigenvalue weighted by molar-refractivity contribution is -0.0958. The number of para-hydroxylation sites is 1. The molecule has 2 fully saturated rings. The summed E-state index contributed by atoms with van der Waals surface area (Å²) in [5.41, 5.74) is 0.0643. The van der Waals surface area contributed by atoms with Gasteiger partial charge >= 0.3 is 0 Å². The highest BCUT2D eigenvalue weighted by atomic mass is 35.5. The van der Waals surface area contributed by atoms with Crippen molar-refractivity contribution in [2.24, 2.45) is 0 Å². The summed E-state index contributed by atoms with van der Waals surface area (Å²) in [5.74, 6) is 3.11. The van der Waals surface area contributed by atoms with Gasteiger partial charge in [-0.05, 0) is 24.3 Å². The van der Waals surface area contributed by atoms with Gasteiger partial charge < -0.3 is 9.47 Å². The van der Waals surface area contributed by atoms with Gasteiger partial charge in [-0.3, -0.25) is 0 Å². The van der Waals surface area contributed by atoms with E-state index in [0.717, 1.165) is 37.4 Å². The van der Waals surface area contributed by atoms with E-state index in [1.165, 1.54) is 5.75 Å². The summed E-state index contributed by atoms with van der Waals surface area (Å²) in [6, 6.07) is 7.70. The molecule has 1 spiro atoms. The Morgan fingerprint density at radius 2 is 2.28 bits per heavy atom. The van der Waals surface area contributed by atoms with Crippen LogP contribution in [0.1, 0.15) is 19.3 Å². The van der Waals surface area contributed by atoms with Crippen LogP contribution < -0.4 is 4.74 Å². The fraction of sp³-hybridized carbons (Fsp3) is 0.571. The molecule has 0 aromatic heterocycles. The Bertz CT molecular complexity index is 418. The zero-order valence-electron chi connectivity index (χ0n) is 10.2. The predicted molar refractivity (Wildman–Crippen MR) is 75.7 cm³/mol. The molecule has 3 rings (SSSR count). The van der Waals surface area contributed by atoms with E-state index in [0.29, 0.717) is 5.02 Å². The minimum atomic E-state index is 0.0643. The number of hydrogen-bond donors (Lipinski definition) is 0. The first-order valence-corrected chi connectivity index (χ1v) is 7.94. The number of thioether (sulfide) groups is 1. The van der Waals surface area contributed by atoms with Crippen molar-refractivity contribution < 1.29 is 9.47 Å². The molecule has 1 aromatic rings. The smallest absolute Gasteiger partial charge is 0.138 e. The van der Waals surface area contributed by atoms with Crippen molar-refractivity contribution in [3.05, 3.63) is 29.3 Å². The highest BCUT2D eigenvalue weighted by Gasteiger charge is 2.41. The van der Waals surface area contributed by atoms with Crippen LogP contribution in [-0.2, 0) is 4.74 Å². The van der Waals surface area contributed by atoms with E-state index in [9.17, 15) is 0 Å². The summed E-state index contributed by atoms with van der Waals surface area (Å²) in [6.45, 7) is 0.801. The average molecular weight is 285 g/mol. The van der Waals surface area contributed by atoms with Crippen molar-refractivity contribution in [1.82, 2.24) is 0 Å². The molecule has 2 aliphatic rings. The van der Waals surface area contributed by atoms with Crippen LogP contribution in [0.4, 0.5) is 0 Å². The lowest BCUT2D eigenvalue weighted by atomic mass is 9.91. The van der Waals surface area contributed by atoms with E-state index in [2.05, 4.69) is 0 Å². The van der Waals surface area contributed by atoms with Crippen LogP contribution in [0.25, 0.3) is 0 Å². The summed E-state index contributed by atoms with van der Waals surface area (Å²) < 4.78 is 12.0. The largest absolute Gasteiger partial charge is 0.489 e. The normalized spacial score (nSPS) is 31.7. The van der Waals surface area contributed by atoms with Gasteiger partial charge in [-0.2, -0.15) is 11.8 Å². The summed E-state index contributed by atoms with van der Waals surface area (Å²) >= 11 is 8.12. The Hall–Kier alpha value is -0.380. The first-order chi connectivity index (χ1) is 8.77. The molecule has 0 aliphatic carbocycles. The minimum absolute atomic E-state index is 0.0643. The third-order valence-electron chi connectivity index (χ3n) is 3.65. The molecule has 2 saturated heterocycles. The number of ether oxygens (including phenoxy) is 2. The Morgan fingerprint density at radius 1 is 1.39 bits per heavy atom. The van der Waals surface area contributed by atoms with Crippen molar-refractivity contribution in [2.45, 2.75) is 31.0 Å². The van der Waals surface area contributed by atoms with Crippen LogP contribution in [0.5, 0.6) is 5.75 Å². The number of hydrogen-bond acceptors (Lipinski definition) is 3. The van der Waals surface area contributed by atoms with Gasteiger partial charge in [0.15, 0.2) is 0 Å². The highest BCUT2D eigenvalue weighted by Crippen LogP contribution is 2.39. The molecule has 0 radical (unpaired) electrons. The molecule has 2 atom stereocenters. The maximum absolute atomic E-state index is 6.13. The van der Waals surface area contributed by atoms with Crippen LogP contribution in [0.15, 0.2) is 24.3 Å². The fourth-order valence-corrected chi connectivity index (χ4v) is 4.23. The lowest BCUT2D eigenvalue weighted by Crippen LogP contribution is -2.43. The first-order valence-electron chi connectivity index (χ1n) is 6.40. The van der Waals surface area contributed by atoms with Gasteiger partial charge in [0.05, 0.1) is 17.2 Å². The van der Waals surface area contributed by atoms with Crippen LogP contribution in [0, 0.1) is 0 Å². The van der Waals surface area contributed by atoms with Crippen LogP contribution in [0.2, 0.25) is 5.02 Å². The van der Waals surface area contributed by atoms with Gasteiger partial charge in [0.1, 0.15) is 11.9 Å². The second-order valence-electron chi connectivity index (χ2n) is 5.00. The third-order valence-corrected chi connectivity index (χ3v) is 5.18. The monoisotopic (exact) mass is 284 g/mol. The Kier molecular flexibility index (Phi) is 3.73. The van der Waals surface area contributed by atoms with E-state index in [4.69, 9.17) is 21.1 Å². The molecule has 2 aliphatic heterocycles. The molecule has 0 saturated carbocycles. The van der Waals surface area contributed by atoms with Crippen molar-refractivity contribution in [2.75, 3.05) is 18.1 Å². The number of benzene rings is 1. The van der Waals surface area contributed by atoms with Gasteiger partial charge in [0, 0.05) is 18.6 Å². The zero-order valence-corrected chi connectivity index (χ0v) is 11.8. The standard InChI is InChI=1S/C14H17ClO2S/c15-12-3-1-2-4-13(12)17-11-5-7-16-14(9-11)6-8-18-10-14/h1-4,11H,5-10H2. The zero-order chi connectivity index (χ0) is 12.4. The van der Waals surface area contributed by atoms with Crippen LogP contribution >= 0.6 is 23.4 Å². The Balaban J connectivity index is 1.68. The van der Waals surface area contributed by atoms with Crippen molar-refractivity contribution in [3.63, 3.8) is 0 Å². The van der Waals surface area contributed by atoms with Crippen LogP contribution in [0.3, 0.4) is 0 Å². The van der Waals surface area contributed by atoms with Crippen molar-refractivity contribution >= 4 is 23.4 Å². The van der Waals surface area contributed by atoms with E-state index in [1.807, 2.05) is 36.0 Å². The second-order valence-corrected chi connectivity index (χ2v) is 6.51. The lowest BCUT2D eigenvalue weighted by Gasteiger charge is -2.37. The Morgan fingerprint density at radius 3 is 3.06 bits per heavy atom. The van der Waals surface area contributed by atoms with Crippen molar-refractivity contribution in [3.8, 4) is 5.75 Å². The fourth-order valence-electron chi connectivity index (χ4n) is 2.67. The van der Waals surface area contributed by atoms with Gasteiger partial charge in [0.25, 0.3) is 0 Å². The van der Waals surface area contributed by atoms with Gasteiger partial charge in [0.2, 0.25) is 0 Å². The molecule has 2 unspecified atom stereocenters. The Labute approximate surface area is 117 Å². The van der Waals surface area contributed by atoms with Crippen molar-refractivity contribution in [1.29, 1.82) is 0 Å². The molecule has 2 heterocycles. The molecule has 0 bridgehead atoms. The molecule has 0 amide bonds. The molecule has 98 valence electrons. The van der Waals surface area contributed by atoms with Gasteiger partial charge in [-0.15, -0.1) is 0 Å². The van der Waals surface area contributed by atoms with Crippen LogP contribution in [-0.4, -0.2) is 29.8 Å². The second kappa shape index (κ2) is 5.32. The first kappa shape index (κ1) is 12.6. The minimum Gasteiger partial charge on any atom is -0.489 e. The predicted octanol–water partition coefficient (Wildman–Crippen LogP) is 3.77. The number of rotatable bonds is 2. The summed E-state index contributed by atoms with van der Waals surface area (Å²) in [4.78, 5) is 0. The summed E-state index contributed by atoms with van der Waals surface area (Å²) in [6.07, 6.45) is 3.33. The molecule has 4 heteroatoms. The van der Waals surface area contributed by atoms with E-state index < -0.39 is 0 Å². The maximum Gasteiger partial charge on any atom is 0.138 e. The highest BCUT2D eigenvalue weighted by molar-refractivity contribution is 7.99. The molecule has 18 heavy (non-hydrogen) atoms. The maximum atomic E-state index is 6.13. The quantitative estimate of drug-likeness (QED) is 0.824. The number of halogens is 1.